The van der Waals surface area contributed by atoms with Crippen molar-refractivity contribution >= 4 is 10.0 Å². The SMILES string of the molecule is CCCNCc1ccc(S(=O)(=O)NC(CC)CCC)nc1. The largest absolute Gasteiger partial charge is 0.313 e. The first kappa shape index (κ1) is 18.1. The summed E-state index contributed by atoms with van der Waals surface area (Å²) >= 11 is 0. The van der Waals surface area contributed by atoms with Crippen LogP contribution in [0.5, 0.6) is 0 Å². The van der Waals surface area contributed by atoms with E-state index >= 15 is 0 Å². The van der Waals surface area contributed by atoms with Gasteiger partial charge in [0.1, 0.15) is 0 Å². The second kappa shape index (κ2) is 9.12. The van der Waals surface area contributed by atoms with Crippen LogP contribution in [0.25, 0.3) is 0 Å². The van der Waals surface area contributed by atoms with Gasteiger partial charge < -0.3 is 5.32 Å². The molecule has 0 radical (unpaired) electrons. The lowest BCUT2D eigenvalue weighted by Gasteiger charge is -2.15. The van der Waals surface area contributed by atoms with Gasteiger partial charge in [0.05, 0.1) is 0 Å². The number of nitrogens with zero attached hydrogens (tertiary/aromatic N) is 1. The smallest absolute Gasteiger partial charge is 0.258 e. The third-order valence-corrected chi connectivity index (χ3v) is 4.72. The molecule has 0 fully saturated rings. The van der Waals surface area contributed by atoms with Crippen LogP contribution < -0.4 is 10.0 Å². The molecule has 0 bridgehead atoms. The van der Waals surface area contributed by atoms with Crippen molar-refractivity contribution in [1.82, 2.24) is 15.0 Å². The molecule has 0 saturated heterocycles. The van der Waals surface area contributed by atoms with E-state index in [4.69, 9.17) is 0 Å². The van der Waals surface area contributed by atoms with Crippen LogP contribution in [0.15, 0.2) is 23.4 Å². The zero-order valence-corrected chi connectivity index (χ0v) is 14.0. The molecule has 6 heteroatoms. The summed E-state index contributed by atoms with van der Waals surface area (Å²) < 4.78 is 27.2. The van der Waals surface area contributed by atoms with Crippen molar-refractivity contribution in [2.24, 2.45) is 0 Å². The quantitative estimate of drug-likeness (QED) is 0.651. The maximum Gasteiger partial charge on any atom is 0.258 e. The van der Waals surface area contributed by atoms with Crippen LogP contribution in [0.3, 0.4) is 0 Å². The third kappa shape index (κ3) is 6.11. The van der Waals surface area contributed by atoms with E-state index in [-0.39, 0.29) is 11.1 Å². The van der Waals surface area contributed by atoms with Gasteiger partial charge in [-0.1, -0.05) is 33.3 Å². The summed E-state index contributed by atoms with van der Waals surface area (Å²) in [7, 11) is -3.52. The fourth-order valence-electron chi connectivity index (χ4n) is 2.06. The molecule has 21 heavy (non-hydrogen) atoms. The number of pyridine rings is 1. The van der Waals surface area contributed by atoms with Crippen molar-refractivity contribution in [3.8, 4) is 0 Å². The summed E-state index contributed by atoms with van der Waals surface area (Å²) in [5, 5.41) is 3.36. The summed E-state index contributed by atoms with van der Waals surface area (Å²) in [6.45, 7) is 7.79. The van der Waals surface area contributed by atoms with E-state index in [1.807, 2.05) is 19.9 Å². The summed E-state index contributed by atoms with van der Waals surface area (Å²) in [5.41, 5.74) is 0.989. The number of sulfonamides is 1. The molecule has 1 unspecified atom stereocenters. The predicted octanol–water partition coefficient (Wildman–Crippen LogP) is 2.44. The molecule has 1 aromatic heterocycles. The molecule has 0 spiro atoms. The van der Waals surface area contributed by atoms with E-state index in [1.54, 1.807) is 12.3 Å². The minimum absolute atomic E-state index is 0.0207. The molecule has 1 rings (SSSR count). The summed E-state index contributed by atoms with van der Waals surface area (Å²) in [4.78, 5) is 4.09. The van der Waals surface area contributed by atoms with E-state index in [9.17, 15) is 8.42 Å². The molecule has 2 N–H and O–H groups in total. The van der Waals surface area contributed by atoms with E-state index < -0.39 is 10.0 Å². The van der Waals surface area contributed by atoms with Gasteiger partial charge in [-0.05, 0) is 37.4 Å². The minimum Gasteiger partial charge on any atom is -0.313 e. The van der Waals surface area contributed by atoms with Crippen LogP contribution in [0, 0.1) is 0 Å². The molecule has 1 atom stereocenters. The Hall–Kier alpha value is -0.980. The Morgan fingerprint density at radius 3 is 2.48 bits per heavy atom. The van der Waals surface area contributed by atoms with Gasteiger partial charge in [0, 0.05) is 18.8 Å². The molecular weight excluding hydrogens is 286 g/mol. The van der Waals surface area contributed by atoms with Gasteiger partial charge in [-0.2, -0.15) is 0 Å². The molecule has 0 aliphatic carbocycles. The van der Waals surface area contributed by atoms with E-state index in [1.165, 1.54) is 0 Å². The molecule has 1 aromatic rings. The van der Waals surface area contributed by atoms with Gasteiger partial charge in [-0.25, -0.2) is 18.1 Å². The highest BCUT2D eigenvalue weighted by Crippen LogP contribution is 2.10. The first-order chi connectivity index (χ1) is 10.0. The highest BCUT2D eigenvalue weighted by atomic mass is 32.2. The van der Waals surface area contributed by atoms with Crippen LogP contribution in [0.2, 0.25) is 0 Å². The van der Waals surface area contributed by atoms with Gasteiger partial charge in [-0.15, -0.1) is 0 Å². The Bertz CT molecular complexity index is 500. The summed E-state index contributed by atoms with van der Waals surface area (Å²) in [6.07, 6.45) is 5.27. The molecule has 120 valence electrons. The molecule has 0 saturated carbocycles. The van der Waals surface area contributed by atoms with Crippen molar-refractivity contribution < 1.29 is 8.42 Å². The normalized spacial score (nSPS) is 13.3. The van der Waals surface area contributed by atoms with Gasteiger partial charge in [0.15, 0.2) is 5.03 Å². The maximum absolute atomic E-state index is 12.3. The lowest BCUT2D eigenvalue weighted by atomic mass is 10.1. The van der Waals surface area contributed by atoms with Crippen LogP contribution >= 0.6 is 0 Å². The van der Waals surface area contributed by atoms with Gasteiger partial charge in [0.2, 0.25) is 0 Å². The number of rotatable bonds is 10. The van der Waals surface area contributed by atoms with Crippen molar-refractivity contribution in [3.05, 3.63) is 23.9 Å². The lowest BCUT2D eigenvalue weighted by Crippen LogP contribution is -2.34. The second-order valence-electron chi connectivity index (χ2n) is 5.20. The van der Waals surface area contributed by atoms with Crippen LogP contribution in [0.1, 0.15) is 52.0 Å². The molecular formula is C15H27N3O2S. The first-order valence-electron chi connectivity index (χ1n) is 7.71. The number of nitrogens with one attached hydrogen (secondary N) is 2. The third-order valence-electron chi connectivity index (χ3n) is 3.28. The molecule has 5 nitrogen and oxygen atoms in total. The topological polar surface area (TPSA) is 71.1 Å². The zero-order chi connectivity index (χ0) is 15.7. The van der Waals surface area contributed by atoms with Crippen molar-refractivity contribution in [2.45, 2.75) is 64.1 Å². The Morgan fingerprint density at radius 2 is 1.95 bits per heavy atom. The van der Waals surface area contributed by atoms with Crippen LogP contribution in [-0.4, -0.2) is 26.0 Å². The average Bonchev–Trinajstić information content (AvgIpc) is 2.47. The minimum atomic E-state index is -3.52. The van der Waals surface area contributed by atoms with E-state index in [0.717, 1.165) is 37.8 Å². The lowest BCUT2D eigenvalue weighted by molar-refractivity contribution is 0.510. The Kier molecular flexibility index (Phi) is 7.85. The molecule has 0 aliphatic rings. The molecule has 1 heterocycles. The van der Waals surface area contributed by atoms with E-state index in [0.29, 0.717) is 6.54 Å². The zero-order valence-electron chi connectivity index (χ0n) is 13.2. The van der Waals surface area contributed by atoms with Crippen LogP contribution in [-0.2, 0) is 16.6 Å². The molecule has 0 amide bonds. The maximum atomic E-state index is 12.3. The first-order valence-corrected chi connectivity index (χ1v) is 9.19. The highest BCUT2D eigenvalue weighted by Gasteiger charge is 2.19. The number of aromatic nitrogens is 1. The molecule has 0 aromatic carbocycles. The van der Waals surface area contributed by atoms with Gasteiger partial charge >= 0.3 is 0 Å². The van der Waals surface area contributed by atoms with Gasteiger partial charge in [0.25, 0.3) is 10.0 Å². The Labute approximate surface area is 128 Å². The fourth-order valence-corrected chi connectivity index (χ4v) is 3.34. The average molecular weight is 313 g/mol. The monoisotopic (exact) mass is 313 g/mol. The number of hydrogen-bond donors (Lipinski definition) is 2. The summed E-state index contributed by atoms with van der Waals surface area (Å²) in [5.74, 6) is 0. The van der Waals surface area contributed by atoms with Crippen LogP contribution in [0.4, 0.5) is 0 Å². The second-order valence-corrected chi connectivity index (χ2v) is 6.86. The highest BCUT2D eigenvalue weighted by molar-refractivity contribution is 7.89. The fraction of sp³-hybridized carbons (Fsp3) is 0.667. The Balaban J connectivity index is 2.70. The number of hydrogen-bond acceptors (Lipinski definition) is 4. The van der Waals surface area contributed by atoms with Crippen molar-refractivity contribution in [2.75, 3.05) is 6.54 Å². The Morgan fingerprint density at radius 1 is 1.19 bits per heavy atom. The van der Waals surface area contributed by atoms with E-state index in [2.05, 4.69) is 21.9 Å². The molecule has 0 aliphatic heterocycles. The predicted molar refractivity (Wildman–Crippen MR) is 85.5 cm³/mol. The summed E-state index contributed by atoms with van der Waals surface area (Å²) in [6, 6.07) is 3.36. The van der Waals surface area contributed by atoms with Crippen molar-refractivity contribution in [3.63, 3.8) is 0 Å². The van der Waals surface area contributed by atoms with Gasteiger partial charge in [-0.3, -0.25) is 0 Å². The standard InChI is InChI=1S/C15H27N3O2S/c1-4-7-14(6-3)18-21(19,20)15-9-8-13(12-17-15)11-16-10-5-2/h8-9,12,14,16,18H,4-7,10-11H2,1-3H3. The van der Waals surface area contributed by atoms with Crippen molar-refractivity contribution in [1.29, 1.82) is 0 Å².